The van der Waals surface area contributed by atoms with Crippen LogP contribution in [0, 0.1) is 17.8 Å². The molecule has 0 rings (SSSR count). The SMILES string of the molecule is CCCCCCCCCCCCC(=O)OC[C@H](COP(=O)(O)OC[C@H](O)COP(=O)(O)OC[C@@H](COC(=O)CCCCCCCCCCCCCCCCCCCCC(C)CC)OC(=O)CCCCCCCCCCCCCCCCCCCCC(C)CC)OC(=O)CCCCCCCCCCCCCCCCCCCCC(C)CC. The van der Waals surface area contributed by atoms with Crippen molar-refractivity contribution in [1.29, 1.82) is 0 Å². The number of rotatable bonds is 95. The molecule has 19 heteroatoms. The van der Waals surface area contributed by atoms with Gasteiger partial charge in [-0.2, -0.15) is 0 Å². The van der Waals surface area contributed by atoms with Crippen LogP contribution in [0.15, 0.2) is 0 Å². The summed E-state index contributed by atoms with van der Waals surface area (Å²) in [5.74, 6) is 0.524. The van der Waals surface area contributed by atoms with E-state index in [9.17, 15) is 43.2 Å². The van der Waals surface area contributed by atoms with E-state index in [1.165, 1.54) is 334 Å². The number of carbonyl (C=O) groups excluding carboxylic acids is 4. The van der Waals surface area contributed by atoms with Crippen molar-refractivity contribution < 1.29 is 80.2 Å². The Morgan fingerprint density at radius 1 is 0.241 bits per heavy atom. The minimum Gasteiger partial charge on any atom is -0.462 e. The van der Waals surface area contributed by atoms with E-state index in [0.29, 0.717) is 25.7 Å². The lowest BCUT2D eigenvalue weighted by atomic mass is 9.99. The molecular formula is C97H190O17P2. The van der Waals surface area contributed by atoms with Gasteiger partial charge in [0.25, 0.3) is 0 Å². The highest BCUT2D eigenvalue weighted by molar-refractivity contribution is 7.47. The zero-order valence-corrected chi connectivity index (χ0v) is 78.8. The van der Waals surface area contributed by atoms with E-state index in [4.69, 9.17) is 37.0 Å². The van der Waals surface area contributed by atoms with Gasteiger partial charge in [0, 0.05) is 25.7 Å². The van der Waals surface area contributed by atoms with Crippen molar-refractivity contribution in [2.75, 3.05) is 39.6 Å². The van der Waals surface area contributed by atoms with Gasteiger partial charge in [0.15, 0.2) is 12.2 Å². The fourth-order valence-corrected chi connectivity index (χ4v) is 16.8. The van der Waals surface area contributed by atoms with Gasteiger partial charge in [-0.25, -0.2) is 9.13 Å². The molecule has 0 saturated carbocycles. The molecule has 0 aromatic heterocycles. The lowest BCUT2D eigenvalue weighted by molar-refractivity contribution is -0.161. The molecule has 0 amide bonds. The number of phosphoric acid groups is 2. The minimum atomic E-state index is -4.97. The van der Waals surface area contributed by atoms with Gasteiger partial charge < -0.3 is 33.8 Å². The molecule has 5 unspecified atom stereocenters. The summed E-state index contributed by atoms with van der Waals surface area (Å²) in [6.07, 6.45) is 82.0. The Hall–Kier alpha value is -1.94. The van der Waals surface area contributed by atoms with Gasteiger partial charge in [-0.15, -0.1) is 0 Å². The second-order valence-corrected chi connectivity index (χ2v) is 38.5. The summed E-state index contributed by atoms with van der Waals surface area (Å²) in [7, 11) is -9.94. The molecule has 0 aliphatic rings. The van der Waals surface area contributed by atoms with Crippen LogP contribution in [0.2, 0.25) is 0 Å². The number of hydrogen-bond donors (Lipinski definition) is 3. The molecule has 0 fully saturated rings. The maximum Gasteiger partial charge on any atom is 0.472 e. The Labute approximate surface area is 715 Å². The molecule has 0 aromatic carbocycles. The molecule has 116 heavy (non-hydrogen) atoms. The standard InChI is InChI=1S/C97H190O17P2/c1-8-12-13-14-15-16-50-57-64-71-78-94(99)107-84-92(113-96(101)80-73-66-59-52-45-39-33-27-21-18-24-30-36-42-48-55-62-69-76-89(6)10-3)86-111-115(103,104)109-82-91(98)83-110-116(105,106)112-87-93(114-97(102)81-74-67-60-53-46-40-34-28-22-19-25-31-37-43-49-56-63-70-77-90(7)11-4)85-108-95(100)79-72-65-58-51-44-38-32-26-20-17-23-29-35-41-47-54-61-68-75-88(5)9-2/h88-93,98H,8-87H2,1-7H3,(H,103,104)(H,105,106)/t88?,89?,90?,91-,92+,93+/m0/s1. The number of ether oxygens (including phenoxy) is 4. The number of esters is 4. The van der Waals surface area contributed by atoms with Crippen LogP contribution in [0.1, 0.15) is 524 Å². The van der Waals surface area contributed by atoms with Gasteiger partial charge in [-0.1, -0.05) is 472 Å². The Bertz CT molecular complexity index is 2220. The normalized spacial score (nSPS) is 14.4. The van der Waals surface area contributed by atoms with E-state index in [2.05, 4.69) is 48.5 Å². The van der Waals surface area contributed by atoms with E-state index < -0.39 is 97.5 Å². The average Bonchev–Trinajstić information content (AvgIpc) is 0.899. The summed E-state index contributed by atoms with van der Waals surface area (Å²) in [6.45, 7) is 12.2. The maximum atomic E-state index is 13.2. The van der Waals surface area contributed by atoms with Gasteiger partial charge in [0.05, 0.1) is 26.4 Å². The third kappa shape index (κ3) is 85.6. The smallest absolute Gasteiger partial charge is 0.462 e. The zero-order valence-electron chi connectivity index (χ0n) is 77.0. The maximum absolute atomic E-state index is 13.2. The Balaban J connectivity index is 5.20. The molecule has 8 atom stereocenters. The van der Waals surface area contributed by atoms with Crippen molar-refractivity contribution in [2.24, 2.45) is 17.8 Å². The van der Waals surface area contributed by atoms with Crippen LogP contribution in [0.5, 0.6) is 0 Å². The third-order valence-electron chi connectivity index (χ3n) is 24.0. The van der Waals surface area contributed by atoms with E-state index in [0.717, 1.165) is 108 Å². The van der Waals surface area contributed by atoms with Gasteiger partial charge >= 0.3 is 39.5 Å². The molecule has 0 radical (unpaired) electrons. The lowest BCUT2D eigenvalue weighted by Gasteiger charge is -2.21. The fourth-order valence-electron chi connectivity index (χ4n) is 15.2. The van der Waals surface area contributed by atoms with Crippen molar-refractivity contribution >= 4 is 39.5 Å². The number of aliphatic hydroxyl groups is 1. The highest BCUT2D eigenvalue weighted by Gasteiger charge is 2.31. The van der Waals surface area contributed by atoms with Crippen LogP contribution < -0.4 is 0 Å². The minimum absolute atomic E-state index is 0.109. The van der Waals surface area contributed by atoms with Crippen LogP contribution in [0.3, 0.4) is 0 Å². The molecule has 0 heterocycles. The molecule has 17 nitrogen and oxygen atoms in total. The van der Waals surface area contributed by atoms with Gasteiger partial charge in [-0.3, -0.25) is 37.3 Å². The lowest BCUT2D eigenvalue weighted by Crippen LogP contribution is -2.30. The molecule has 0 aliphatic heterocycles. The first kappa shape index (κ1) is 114. The van der Waals surface area contributed by atoms with E-state index in [1.54, 1.807) is 0 Å². The number of phosphoric ester groups is 2. The Kier molecular flexibility index (Phi) is 85.1. The predicted octanol–water partition coefficient (Wildman–Crippen LogP) is 30.4. The molecule has 690 valence electrons. The number of unbranched alkanes of at least 4 members (excludes halogenated alkanes) is 60. The topological polar surface area (TPSA) is 237 Å². The molecule has 3 N–H and O–H groups in total. The Morgan fingerprint density at radius 2 is 0.414 bits per heavy atom. The van der Waals surface area contributed by atoms with Crippen molar-refractivity contribution in [3.63, 3.8) is 0 Å². The van der Waals surface area contributed by atoms with Crippen molar-refractivity contribution in [3.05, 3.63) is 0 Å². The monoisotopic (exact) mass is 1690 g/mol. The summed E-state index contributed by atoms with van der Waals surface area (Å²) in [4.78, 5) is 73.6. The largest absolute Gasteiger partial charge is 0.472 e. The molecule has 0 spiro atoms. The summed E-state index contributed by atoms with van der Waals surface area (Å²) in [6, 6.07) is 0. The highest BCUT2D eigenvalue weighted by atomic mass is 31.2. The quantitative estimate of drug-likeness (QED) is 0.0222. The summed E-state index contributed by atoms with van der Waals surface area (Å²) in [5.41, 5.74) is 0. The average molecular weight is 1690 g/mol. The van der Waals surface area contributed by atoms with E-state index >= 15 is 0 Å². The third-order valence-corrected chi connectivity index (χ3v) is 25.9. The predicted molar refractivity (Wildman–Crippen MR) is 483 cm³/mol. The van der Waals surface area contributed by atoms with Gasteiger partial charge in [-0.05, 0) is 43.4 Å². The van der Waals surface area contributed by atoms with Crippen molar-refractivity contribution in [1.82, 2.24) is 0 Å². The van der Waals surface area contributed by atoms with E-state index in [-0.39, 0.29) is 25.7 Å². The summed E-state index contributed by atoms with van der Waals surface area (Å²) < 4.78 is 69.2. The van der Waals surface area contributed by atoms with Crippen molar-refractivity contribution in [2.45, 2.75) is 542 Å². The summed E-state index contributed by atoms with van der Waals surface area (Å²) >= 11 is 0. The molecule has 0 bridgehead atoms. The van der Waals surface area contributed by atoms with Gasteiger partial charge in [0.2, 0.25) is 0 Å². The van der Waals surface area contributed by atoms with Crippen LogP contribution in [-0.4, -0.2) is 96.7 Å². The molecule has 0 aromatic rings. The van der Waals surface area contributed by atoms with Crippen LogP contribution in [-0.2, 0) is 65.4 Å². The number of aliphatic hydroxyl groups excluding tert-OH is 1. The first-order valence-electron chi connectivity index (χ1n) is 50.0. The molecule has 0 saturated heterocycles. The van der Waals surface area contributed by atoms with Crippen LogP contribution in [0.4, 0.5) is 0 Å². The first-order chi connectivity index (χ1) is 56.3. The number of carbonyl (C=O) groups is 4. The number of hydrogen-bond acceptors (Lipinski definition) is 15. The highest BCUT2D eigenvalue weighted by Crippen LogP contribution is 2.45. The molecule has 0 aliphatic carbocycles. The first-order valence-corrected chi connectivity index (χ1v) is 53.0. The fraction of sp³-hybridized carbons (Fsp3) is 0.959. The second kappa shape index (κ2) is 86.6. The van der Waals surface area contributed by atoms with Crippen molar-refractivity contribution in [3.8, 4) is 0 Å². The van der Waals surface area contributed by atoms with E-state index in [1.807, 2.05) is 0 Å². The van der Waals surface area contributed by atoms with Crippen LogP contribution in [0.25, 0.3) is 0 Å². The Morgan fingerprint density at radius 3 is 0.612 bits per heavy atom. The molecular weight excluding hydrogens is 1500 g/mol. The summed E-state index contributed by atoms with van der Waals surface area (Å²) in [5, 5.41) is 10.7. The second-order valence-electron chi connectivity index (χ2n) is 35.5. The zero-order chi connectivity index (χ0) is 85.0. The van der Waals surface area contributed by atoms with Crippen LogP contribution >= 0.6 is 15.6 Å². The van der Waals surface area contributed by atoms with Gasteiger partial charge in [0.1, 0.15) is 19.3 Å².